The van der Waals surface area contributed by atoms with Crippen LogP contribution in [0.25, 0.3) is 21.6 Å². The molecular weight excluding hydrogens is 200 g/mol. The van der Waals surface area contributed by atoms with Crippen LogP contribution < -0.4 is 0 Å². The molecule has 0 bridgehead atoms. The molecule has 0 saturated carbocycles. The number of hydrogen-bond donors (Lipinski definition) is 0. The van der Waals surface area contributed by atoms with Crippen molar-refractivity contribution in [2.45, 2.75) is 0 Å². The van der Waals surface area contributed by atoms with Crippen molar-refractivity contribution < 1.29 is 0 Å². The summed E-state index contributed by atoms with van der Waals surface area (Å²) in [6.45, 7) is 0. The molecule has 2 aliphatic rings. The molecule has 0 amide bonds. The molecule has 0 unspecified atom stereocenters. The lowest BCUT2D eigenvalue weighted by Crippen LogP contribution is -1.76. The Labute approximate surface area is 93.2 Å². The van der Waals surface area contributed by atoms with E-state index in [9.17, 15) is 0 Å². The predicted octanol–water partition coefficient (Wildman–Crippen LogP) is 4.32. The summed E-state index contributed by atoms with van der Waals surface area (Å²) in [7, 11) is 0. The van der Waals surface area contributed by atoms with E-state index in [2.05, 4.69) is 47.8 Å². The Morgan fingerprint density at radius 1 is 0.867 bits per heavy atom. The molecule has 0 atom stereocenters. The molecular formula is C14H9S. The van der Waals surface area contributed by atoms with Gasteiger partial charge in [-0.25, -0.2) is 0 Å². The lowest BCUT2D eigenvalue weighted by Gasteiger charge is -2.02. The van der Waals surface area contributed by atoms with E-state index in [4.69, 9.17) is 0 Å². The molecule has 1 aliphatic carbocycles. The van der Waals surface area contributed by atoms with E-state index in [1.54, 1.807) is 11.3 Å². The van der Waals surface area contributed by atoms with E-state index in [-0.39, 0.29) is 0 Å². The zero-order valence-electron chi connectivity index (χ0n) is 8.10. The Bertz CT molecular complexity index is 536. The molecule has 0 nitrogen and oxygen atoms in total. The summed E-state index contributed by atoms with van der Waals surface area (Å²) in [5, 5.41) is 2.11. The summed E-state index contributed by atoms with van der Waals surface area (Å²) in [6, 6.07) is 20.0. The van der Waals surface area contributed by atoms with Crippen molar-refractivity contribution in [3.63, 3.8) is 0 Å². The molecule has 15 heavy (non-hydrogen) atoms. The topological polar surface area (TPSA) is 0 Å². The highest BCUT2D eigenvalue weighted by Gasteiger charge is 2.09. The van der Waals surface area contributed by atoms with Crippen molar-refractivity contribution in [1.29, 1.82) is 0 Å². The fourth-order valence-electron chi connectivity index (χ4n) is 1.79. The first-order valence-electron chi connectivity index (χ1n) is 4.88. The molecule has 0 saturated heterocycles. The monoisotopic (exact) mass is 209 g/mol. The van der Waals surface area contributed by atoms with Crippen LogP contribution in [-0.4, -0.2) is 0 Å². The largest absolute Gasteiger partial charge is 0.144 e. The molecule has 0 spiro atoms. The van der Waals surface area contributed by atoms with Gasteiger partial charge in [-0.3, -0.25) is 0 Å². The van der Waals surface area contributed by atoms with Crippen LogP contribution in [0.2, 0.25) is 0 Å². The minimum Gasteiger partial charge on any atom is -0.144 e. The first-order chi connectivity index (χ1) is 7.45. The summed E-state index contributed by atoms with van der Waals surface area (Å²) >= 11 is 1.78. The van der Waals surface area contributed by atoms with Crippen molar-refractivity contribution in [2.24, 2.45) is 0 Å². The number of fused-ring (bicyclic) bond motifs is 1. The van der Waals surface area contributed by atoms with Gasteiger partial charge in [0, 0.05) is 4.88 Å². The Balaban J connectivity index is 2.22. The summed E-state index contributed by atoms with van der Waals surface area (Å²) in [4.78, 5) is 1.34. The molecule has 0 N–H and O–H groups in total. The predicted molar refractivity (Wildman–Crippen MR) is 65.2 cm³/mol. The maximum absolute atomic E-state index is 3.27. The summed E-state index contributed by atoms with van der Waals surface area (Å²) < 4.78 is 0. The minimum absolute atomic E-state index is 1.17. The molecule has 1 radical (unpaired) electrons. The third kappa shape index (κ3) is 1.45. The second kappa shape index (κ2) is 3.52. The van der Waals surface area contributed by atoms with Gasteiger partial charge in [-0.1, -0.05) is 42.5 Å². The Morgan fingerprint density at radius 3 is 2.73 bits per heavy atom. The first-order valence-corrected chi connectivity index (χ1v) is 5.76. The van der Waals surface area contributed by atoms with Crippen molar-refractivity contribution >= 4 is 11.3 Å². The van der Waals surface area contributed by atoms with Crippen molar-refractivity contribution in [1.82, 2.24) is 0 Å². The van der Waals surface area contributed by atoms with Crippen molar-refractivity contribution in [3.8, 4) is 21.6 Å². The molecule has 3 rings (SSSR count). The summed E-state index contributed by atoms with van der Waals surface area (Å²) in [5.74, 6) is 0. The van der Waals surface area contributed by atoms with Gasteiger partial charge in [0.1, 0.15) is 0 Å². The Hall–Kier alpha value is -1.60. The molecule has 1 heteroatoms. The summed E-state index contributed by atoms with van der Waals surface area (Å²) in [6.07, 6.45) is 0. The molecule has 1 aromatic carbocycles. The zero-order chi connectivity index (χ0) is 10.1. The molecule has 1 heterocycles. The fourth-order valence-corrected chi connectivity index (χ4v) is 2.55. The van der Waals surface area contributed by atoms with Crippen LogP contribution in [0.4, 0.5) is 0 Å². The Morgan fingerprint density at radius 2 is 1.87 bits per heavy atom. The van der Waals surface area contributed by atoms with Crippen LogP contribution in [0, 0.1) is 6.07 Å². The smallest absolute Gasteiger partial charge is 0.0348 e. The van der Waals surface area contributed by atoms with Crippen LogP contribution in [0.5, 0.6) is 0 Å². The van der Waals surface area contributed by atoms with E-state index in [1.807, 2.05) is 12.1 Å². The maximum Gasteiger partial charge on any atom is 0.0348 e. The summed E-state index contributed by atoms with van der Waals surface area (Å²) in [5.41, 5.74) is 3.78. The Kier molecular flexibility index (Phi) is 2.04. The maximum atomic E-state index is 3.27. The third-order valence-corrected chi connectivity index (χ3v) is 3.40. The van der Waals surface area contributed by atoms with Gasteiger partial charge in [0.15, 0.2) is 0 Å². The van der Waals surface area contributed by atoms with Gasteiger partial charge in [0.2, 0.25) is 0 Å². The molecule has 0 aromatic heterocycles. The highest BCUT2D eigenvalue weighted by atomic mass is 32.1. The van der Waals surface area contributed by atoms with Crippen LogP contribution in [-0.2, 0) is 0 Å². The van der Waals surface area contributed by atoms with Gasteiger partial charge in [-0.05, 0) is 34.2 Å². The number of benzene rings is 1. The van der Waals surface area contributed by atoms with Crippen molar-refractivity contribution in [2.75, 3.05) is 0 Å². The quantitative estimate of drug-likeness (QED) is 0.560. The molecule has 1 aliphatic heterocycles. The van der Waals surface area contributed by atoms with Gasteiger partial charge in [0.05, 0.1) is 0 Å². The second-order valence-electron chi connectivity index (χ2n) is 3.41. The van der Waals surface area contributed by atoms with Gasteiger partial charge in [-0.15, -0.1) is 11.3 Å². The first kappa shape index (κ1) is 8.69. The van der Waals surface area contributed by atoms with Gasteiger partial charge in [0.25, 0.3) is 0 Å². The van der Waals surface area contributed by atoms with E-state index in [0.29, 0.717) is 0 Å². The van der Waals surface area contributed by atoms with Crippen LogP contribution in [0.1, 0.15) is 0 Å². The van der Waals surface area contributed by atoms with Crippen LogP contribution in [0.15, 0.2) is 53.9 Å². The minimum atomic E-state index is 1.17. The normalized spacial score (nSPS) is 10.7. The highest BCUT2D eigenvalue weighted by Crippen LogP contribution is 2.37. The van der Waals surface area contributed by atoms with E-state index < -0.39 is 0 Å². The molecule has 0 fully saturated rings. The standard InChI is InChI=1S/C14H9S/c1-2-5-11(6-3-1)12-8-9-14-13(12)7-4-10-15-14/h1-5,7-10H. The van der Waals surface area contributed by atoms with E-state index >= 15 is 0 Å². The lowest BCUT2D eigenvalue weighted by molar-refractivity contribution is 1.65. The molecule has 71 valence electrons. The second-order valence-corrected chi connectivity index (χ2v) is 4.36. The average molecular weight is 209 g/mol. The average Bonchev–Trinajstić information content (AvgIpc) is 2.74. The van der Waals surface area contributed by atoms with E-state index in [1.165, 1.54) is 21.6 Å². The lowest BCUT2D eigenvalue weighted by atomic mass is 10.0. The molecule has 1 aromatic rings. The van der Waals surface area contributed by atoms with Crippen molar-refractivity contribution in [3.05, 3.63) is 60.0 Å². The number of hydrogen-bond acceptors (Lipinski definition) is 1. The van der Waals surface area contributed by atoms with Crippen LogP contribution in [0.3, 0.4) is 0 Å². The zero-order valence-corrected chi connectivity index (χ0v) is 8.92. The fraction of sp³-hybridized carbons (Fsp3) is 0. The van der Waals surface area contributed by atoms with Crippen LogP contribution >= 0.6 is 11.3 Å². The number of rotatable bonds is 1. The highest BCUT2D eigenvalue weighted by molar-refractivity contribution is 7.13. The SMILES string of the molecule is [c]1ccccc1-c1ccc2scccc1-2. The third-order valence-electron chi connectivity index (χ3n) is 2.49. The van der Waals surface area contributed by atoms with Gasteiger partial charge >= 0.3 is 0 Å². The van der Waals surface area contributed by atoms with Gasteiger partial charge < -0.3 is 0 Å². The van der Waals surface area contributed by atoms with E-state index in [0.717, 1.165) is 0 Å². The van der Waals surface area contributed by atoms with Gasteiger partial charge in [-0.2, -0.15) is 0 Å².